The average molecular weight is 732 g/mol. The Morgan fingerprint density at radius 1 is 1.25 bits per heavy atom. The summed E-state index contributed by atoms with van der Waals surface area (Å²) in [6, 6.07) is 5.79. The van der Waals surface area contributed by atoms with Gasteiger partial charge in [0, 0.05) is 56.1 Å². The molecular formula is C40H47F2N5O6. The standard InChI is InChI=1S/C40H47F2N5O6/c1-6-29-31(42)11-10-24-17-28(48)18-30(34(24)29)32-22-51-35-36(45(5)21-27-9-8-16-46(27)33(49)7-2)43-38(44-37(35)53-32)52-23-39(3)19-25(41)20-47(39)26-12-14-40(4,50)15-13-26/h1,7,10-11,17-18,25-27,32,48,50H,2,8-9,12-16,19-23H2,3-5H3/t25-,26?,27+,32?,39+,40?/m1/s1. The fourth-order valence-electron chi connectivity index (χ4n) is 8.68. The van der Waals surface area contributed by atoms with Crippen LogP contribution < -0.4 is 19.1 Å². The molecule has 3 fully saturated rings. The molecule has 2 saturated heterocycles. The minimum atomic E-state index is -1.03. The van der Waals surface area contributed by atoms with Gasteiger partial charge in [0.25, 0.3) is 5.88 Å². The van der Waals surface area contributed by atoms with Crippen LogP contribution in [-0.4, -0.2) is 105 Å². The minimum absolute atomic E-state index is 0.00789. The number of aromatic hydroxyl groups is 1. The molecule has 4 aliphatic rings. The molecule has 7 rings (SSSR count). The van der Waals surface area contributed by atoms with Crippen LogP contribution in [-0.2, 0) is 4.79 Å². The maximum atomic E-state index is 15.1. The van der Waals surface area contributed by atoms with Gasteiger partial charge in [0.05, 0.1) is 16.7 Å². The van der Waals surface area contributed by atoms with Gasteiger partial charge < -0.3 is 34.2 Å². The van der Waals surface area contributed by atoms with Crippen molar-refractivity contribution in [2.24, 2.45) is 0 Å². The molecule has 3 aromatic rings. The van der Waals surface area contributed by atoms with Gasteiger partial charge in [-0.3, -0.25) is 9.69 Å². The number of terminal acetylenes is 1. The smallest absolute Gasteiger partial charge is 0.322 e. The number of carbonyl (C=O) groups excluding carboxylic acids is 1. The molecule has 0 spiro atoms. The second-order valence-corrected chi connectivity index (χ2v) is 15.5. The Balaban J connectivity index is 1.22. The lowest BCUT2D eigenvalue weighted by atomic mass is 9.82. The molecule has 0 radical (unpaired) electrons. The number of likely N-dealkylation sites (N-methyl/N-ethyl adjacent to an activating group) is 1. The Morgan fingerprint density at radius 2 is 2.02 bits per heavy atom. The van der Waals surface area contributed by atoms with Gasteiger partial charge in [0.15, 0.2) is 11.9 Å². The molecule has 13 heteroatoms. The SMILES string of the molecule is C#Cc1c(F)ccc2cc(O)cc(C3COc4c(nc(OC[C@]5(C)C[C@@H](F)CN5C5CCC(C)(O)CC5)nc4N(C)C[C@@H]4CCCN4C(=O)C=C)O3)c12. The number of amides is 1. The summed E-state index contributed by atoms with van der Waals surface area (Å²) in [6.45, 7) is 8.90. The number of rotatable bonds is 9. The van der Waals surface area contributed by atoms with E-state index in [9.17, 15) is 19.4 Å². The number of carbonyl (C=O) groups is 1. The summed E-state index contributed by atoms with van der Waals surface area (Å²) in [5, 5.41) is 22.1. The maximum Gasteiger partial charge on any atom is 0.322 e. The first kappa shape index (κ1) is 36.7. The van der Waals surface area contributed by atoms with E-state index in [1.165, 1.54) is 24.3 Å². The van der Waals surface area contributed by atoms with Crippen LogP contribution in [0, 0.1) is 18.2 Å². The Labute approximate surface area is 308 Å². The van der Waals surface area contributed by atoms with E-state index >= 15 is 4.39 Å². The lowest BCUT2D eigenvalue weighted by Crippen LogP contribution is -2.53. The van der Waals surface area contributed by atoms with Crippen molar-refractivity contribution >= 4 is 22.5 Å². The van der Waals surface area contributed by atoms with Gasteiger partial charge in [-0.1, -0.05) is 18.6 Å². The summed E-state index contributed by atoms with van der Waals surface area (Å²) >= 11 is 0. The molecule has 4 atom stereocenters. The second-order valence-electron chi connectivity index (χ2n) is 15.5. The third-order valence-electron chi connectivity index (χ3n) is 11.4. The summed E-state index contributed by atoms with van der Waals surface area (Å²) in [4.78, 5) is 27.9. The van der Waals surface area contributed by atoms with Crippen LogP contribution in [0.3, 0.4) is 0 Å². The first-order valence-electron chi connectivity index (χ1n) is 18.3. The largest absolute Gasteiger partial charge is 0.508 e. The number of fused-ring (bicyclic) bond motifs is 2. The number of nitrogens with zero attached hydrogens (tertiary/aromatic N) is 5. The fraction of sp³-hybridized carbons (Fsp3) is 0.525. The van der Waals surface area contributed by atoms with Gasteiger partial charge in [0.2, 0.25) is 11.7 Å². The number of likely N-dealkylation sites (tertiary alicyclic amines) is 2. The van der Waals surface area contributed by atoms with Crippen LogP contribution in [0.25, 0.3) is 10.8 Å². The zero-order valence-electron chi connectivity index (χ0n) is 30.5. The van der Waals surface area contributed by atoms with E-state index in [0.717, 1.165) is 25.7 Å². The first-order chi connectivity index (χ1) is 25.3. The number of phenolic OH excluding ortho intramolecular Hbond substituents is 1. The number of halogens is 2. The quantitative estimate of drug-likeness (QED) is 0.217. The molecule has 53 heavy (non-hydrogen) atoms. The Morgan fingerprint density at radius 3 is 2.75 bits per heavy atom. The van der Waals surface area contributed by atoms with Crippen molar-refractivity contribution in [3.05, 3.63) is 53.9 Å². The van der Waals surface area contributed by atoms with Crippen molar-refractivity contribution in [2.75, 3.05) is 44.8 Å². The normalized spacial score (nSPS) is 28.5. The van der Waals surface area contributed by atoms with Crippen LogP contribution in [0.1, 0.15) is 76.0 Å². The molecule has 2 aromatic carbocycles. The first-order valence-corrected chi connectivity index (χ1v) is 18.3. The number of phenols is 1. The number of hydrogen-bond donors (Lipinski definition) is 2. The molecule has 1 unspecified atom stereocenters. The number of aliphatic hydroxyl groups is 1. The highest BCUT2D eigenvalue weighted by Crippen LogP contribution is 2.45. The molecule has 1 saturated carbocycles. The summed E-state index contributed by atoms with van der Waals surface area (Å²) in [7, 11) is 1.84. The molecule has 1 aliphatic carbocycles. The summed E-state index contributed by atoms with van der Waals surface area (Å²) in [5.41, 5.74) is -0.915. The minimum Gasteiger partial charge on any atom is -0.508 e. The fourth-order valence-corrected chi connectivity index (χ4v) is 8.68. The third kappa shape index (κ3) is 7.19. The highest BCUT2D eigenvalue weighted by molar-refractivity contribution is 5.93. The molecule has 282 valence electrons. The second kappa shape index (κ2) is 14.3. The molecule has 1 aromatic heterocycles. The van der Waals surface area contributed by atoms with E-state index in [2.05, 4.69) is 22.4 Å². The highest BCUT2D eigenvalue weighted by Gasteiger charge is 2.48. The van der Waals surface area contributed by atoms with Crippen molar-refractivity contribution in [1.82, 2.24) is 19.8 Å². The van der Waals surface area contributed by atoms with Crippen molar-refractivity contribution in [1.29, 1.82) is 0 Å². The van der Waals surface area contributed by atoms with E-state index in [1.807, 2.05) is 25.8 Å². The molecule has 1 amide bonds. The van der Waals surface area contributed by atoms with Crippen LogP contribution >= 0.6 is 0 Å². The van der Waals surface area contributed by atoms with E-state index in [4.69, 9.17) is 25.6 Å². The van der Waals surface area contributed by atoms with Gasteiger partial charge in [-0.2, -0.15) is 9.97 Å². The van der Waals surface area contributed by atoms with E-state index < -0.39 is 29.2 Å². The number of anilines is 1. The number of ether oxygens (including phenoxy) is 3. The van der Waals surface area contributed by atoms with Gasteiger partial charge in [-0.05, 0) is 82.0 Å². The number of alkyl halides is 1. The molecule has 11 nitrogen and oxygen atoms in total. The highest BCUT2D eigenvalue weighted by atomic mass is 19.1. The van der Waals surface area contributed by atoms with Crippen LogP contribution in [0.5, 0.6) is 23.4 Å². The number of benzene rings is 2. The maximum absolute atomic E-state index is 15.1. The predicted octanol–water partition coefficient (Wildman–Crippen LogP) is 5.46. The van der Waals surface area contributed by atoms with Gasteiger partial charge in [0.1, 0.15) is 31.0 Å². The van der Waals surface area contributed by atoms with Crippen LogP contribution in [0.4, 0.5) is 14.6 Å². The Bertz CT molecular complexity index is 1940. The molecule has 4 heterocycles. The van der Waals surface area contributed by atoms with Crippen molar-refractivity contribution in [3.8, 4) is 35.7 Å². The van der Waals surface area contributed by atoms with Crippen LogP contribution in [0.2, 0.25) is 0 Å². The van der Waals surface area contributed by atoms with E-state index in [0.29, 0.717) is 48.1 Å². The Hall–Kier alpha value is -4.67. The number of hydrogen-bond acceptors (Lipinski definition) is 10. The monoisotopic (exact) mass is 731 g/mol. The molecule has 3 aliphatic heterocycles. The zero-order valence-corrected chi connectivity index (χ0v) is 30.5. The lowest BCUT2D eigenvalue weighted by Gasteiger charge is -2.44. The van der Waals surface area contributed by atoms with Crippen molar-refractivity contribution in [2.45, 2.75) is 94.3 Å². The van der Waals surface area contributed by atoms with Crippen molar-refractivity contribution in [3.63, 3.8) is 0 Å². The zero-order chi connectivity index (χ0) is 37.7. The molecule has 0 bridgehead atoms. The number of aromatic nitrogens is 2. The van der Waals surface area contributed by atoms with E-state index in [-0.39, 0.29) is 73.1 Å². The third-order valence-corrected chi connectivity index (χ3v) is 11.4. The summed E-state index contributed by atoms with van der Waals surface area (Å²) in [6.07, 6.45) is 9.92. The van der Waals surface area contributed by atoms with Crippen molar-refractivity contribution < 1.29 is 38.0 Å². The average Bonchev–Trinajstić information content (AvgIpc) is 3.72. The van der Waals surface area contributed by atoms with E-state index in [1.54, 1.807) is 11.0 Å². The van der Waals surface area contributed by atoms with Gasteiger partial charge in [-0.15, -0.1) is 6.42 Å². The molecule has 2 N–H and O–H groups in total. The summed E-state index contributed by atoms with van der Waals surface area (Å²) in [5.74, 6) is 2.37. The van der Waals surface area contributed by atoms with Crippen LogP contribution in [0.15, 0.2) is 36.9 Å². The lowest BCUT2D eigenvalue weighted by molar-refractivity contribution is -0.126. The Kier molecular flexibility index (Phi) is 9.89. The summed E-state index contributed by atoms with van der Waals surface area (Å²) < 4.78 is 49.2. The predicted molar refractivity (Wildman–Crippen MR) is 196 cm³/mol. The topological polar surface area (TPSA) is 121 Å². The van der Waals surface area contributed by atoms with Gasteiger partial charge in [-0.25, -0.2) is 8.78 Å². The van der Waals surface area contributed by atoms with Gasteiger partial charge >= 0.3 is 6.01 Å². The molecular weight excluding hydrogens is 684 g/mol.